The van der Waals surface area contributed by atoms with Crippen molar-refractivity contribution in [1.29, 1.82) is 0 Å². The molecular weight excluding hydrogens is 346 g/mol. The summed E-state index contributed by atoms with van der Waals surface area (Å²) in [7, 11) is 0. The van der Waals surface area contributed by atoms with Crippen molar-refractivity contribution in [3.63, 3.8) is 0 Å². The van der Waals surface area contributed by atoms with Crippen LogP contribution in [0.1, 0.15) is 30.5 Å². The predicted octanol–water partition coefficient (Wildman–Crippen LogP) is 5.30. The largest absolute Gasteiger partial charge is 0.372 e. The van der Waals surface area contributed by atoms with Crippen LogP contribution >= 0.6 is 0 Å². The summed E-state index contributed by atoms with van der Waals surface area (Å²) in [4.78, 5) is 11.3. The van der Waals surface area contributed by atoms with Gasteiger partial charge in [-0.3, -0.25) is 0 Å². The highest BCUT2D eigenvalue weighted by molar-refractivity contribution is 5.65. The van der Waals surface area contributed by atoms with Gasteiger partial charge in [0, 0.05) is 37.2 Å². The van der Waals surface area contributed by atoms with E-state index in [-0.39, 0.29) is 0 Å². The molecule has 0 unspecified atom stereocenters. The molecular formula is C23H29N5. The lowest BCUT2D eigenvalue weighted by Crippen LogP contribution is -2.21. The van der Waals surface area contributed by atoms with Crippen molar-refractivity contribution < 1.29 is 0 Å². The highest BCUT2D eigenvalue weighted by atomic mass is 15.1. The minimum Gasteiger partial charge on any atom is -0.372 e. The van der Waals surface area contributed by atoms with Crippen molar-refractivity contribution in [2.45, 2.75) is 34.2 Å². The first kappa shape index (κ1) is 19.7. The number of rotatable bonds is 8. The SMILES string of the molecule is CCN(CC)c1ccc(Nc2ccnc(NCc3cccc(C)c3)n2)c(C)c1. The van der Waals surface area contributed by atoms with Gasteiger partial charge in [0.2, 0.25) is 5.95 Å². The second kappa shape index (κ2) is 9.22. The van der Waals surface area contributed by atoms with Crippen LogP contribution in [0, 0.1) is 13.8 Å². The Morgan fingerprint density at radius 3 is 2.50 bits per heavy atom. The molecule has 0 bridgehead atoms. The monoisotopic (exact) mass is 375 g/mol. The van der Waals surface area contributed by atoms with E-state index < -0.39 is 0 Å². The van der Waals surface area contributed by atoms with Crippen LogP contribution in [-0.4, -0.2) is 23.1 Å². The molecule has 0 spiro atoms. The van der Waals surface area contributed by atoms with Crippen molar-refractivity contribution in [1.82, 2.24) is 9.97 Å². The fourth-order valence-corrected chi connectivity index (χ4v) is 3.23. The van der Waals surface area contributed by atoms with Gasteiger partial charge in [0.15, 0.2) is 0 Å². The van der Waals surface area contributed by atoms with Gasteiger partial charge in [0.25, 0.3) is 0 Å². The van der Waals surface area contributed by atoms with Crippen LogP contribution in [0.2, 0.25) is 0 Å². The molecule has 0 aliphatic heterocycles. The third kappa shape index (κ3) is 5.00. The fraction of sp³-hybridized carbons (Fsp3) is 0.304. The Kier molecular flexibility index (Phi) is 6.48. The van der Waals surface area contributed by atoms with Gasteiger partial charge in [-0.25, -0.2) is 4.98 Å². The van der Waals surface area contributed by atoms with Gasteiger partial charge in [-0.05, 0) is 63.1 Å². The molecule has 0 atom stereocenters. The summed E-state index contributed by atoms with van der Waals surface area (Å²) >= 11 is 0. The summed E-state index contributed by atoms with van der Waals surface area (Å²) in [5.74, 6) is 1.39. The molecule has 0 aliphatic carbocycles. The van der Waals surface area contributed by atoms with Gasteiger partial charge in [0.1, 0.15) is 5.82 Å². The summed E-state index contributed by atoms with van der Waals surface area (Å²) in [6, 6.07) is 16.8. The van der Waals surface area contributed by atoms with E-state index in [9.17, 15) is 0 Å². The third-order valence-corrected chi connectivity index (χ3v) is 4.79. The van der Waals surface area contributed by atoms with E-state index in [4.69, 9.17) is 0 Å². The highest BCUT2D eigenvalue weighted by Crippen LogP contribution is 2.25. The summed E-state index contributed by atoms with van der Waals surface area (Å²) in [6.45, 7) is 11.3. The summed E-state index contributed by atoms with van der Waals surface area (Å²) in [5, 5.41) is 6.71. The summed E-state index contributed by atoms with van der Waals surface area (Å²) in [5.41, 5.74) is 5.96. The highest BCUT2D eigenvalue weighted by Gasteiger charge is 2.06. The molecule has 0 saturated heterocycles. The zero-order valence-electron chi connectivity index (χ0n) is 17.2. The molecule has 1 aromatic heterocycles. The minimum atomic E-state index is 0.615. The topological polar surface area (TPSA) is 53.1 Å². The Balaban J connectivity index is 1.69. The number of hydrogen-bond acceptors (Lipinski definition) is 5. The zero-order valence-corrected chi connectivity index (χ0v) is 17.2. The maximum absolute atomic E-state index is 4.59. The first-order chi connectivity index (χ1) is 13.6. The predicted molar refractivity (Wildman–Crippen MR) is 119 cm³/mol. The normalized spacial score (nSPS) is 10.6. The molecule has 146 valence electrons. The maximum Gasteiger partial charge on any atom is 0.224 e. The summed E-state index contributed by atoms with van der Waals surface area (Å²) < 4.78 is 0. The van der Waals surface area contributed by atoms with Crippen LogP contribution in [0.15, 0.2) is 54.7 Å². The van der Waals surface area contributed by atoms with Crippen LogP contribution in [0.4, 0.5) is 23.1 Å². The van der Waals surface area contributed by atoms with Crippen LogP contribution in [-0.2, 0) is 6.54 Å². The lowest BCUT2D eigenvalue weighted by atomic mass is 10.1. The molecule has 2 N–H and O–H groups in total. The van der Waals surface area contributed by atoms with Crippen molar-refractivity contribution in [2.75, 3.05) is 28.6 Å². The van der Waals surface area contributed by atoms with Gasteiger partial charge in [0.05, 0.1) is 0 Å². The van der Waals surface area contributed by atoms with Crippen molar-refractivity contribution in [3.8, 4) is 0 Å². The fourth-order valence-electron chi connectivity index (χ4n) is 3.23. The molecule has 0 aliphatic rings. The molecule has 5 nitrogen and oxygen atoms in total. The minimum absolute atomic E-state index is 0.615. The number of aromatic nitrogens is 2. The molecule has 0 fully saturated rings. The van der Waals surface area contributed by atoms with E-state index >= 15 is 0 Å². The number of nitrogens with one attached hydrogen (secondary N) is 2. The van der Waals surface area contributed by atoms with E-state index in [2.05, 4.69) is 95.7 Å². The van der Waals surface area contributed by atoms with Crippen LogP contribution in [0.3, 0.4) is 0 Å². The van der Waals surface area contributed by atoms with Gasteiger partial charge in [-0.15, -0.1) is 0 Å². The van der Waals surface area contributed by atoms with E-state index in [0.717, 1.165) is 24.6 Å². The molecule has 0 saturated carbocycles. The van der Waals surface area contributed by atoms with Gasteiger partial charge in [-0.2, -0.15) is 4.98 Å². The van der Waals surface area contributed by atoms with E-state index in [1.807, 2.05) is 6.07 Å². The zero-order chi connectivity index (χ0) is 19.9. The molecule has 1 heterocycles. The van der Waals surface area contributed by atoms with Gasteiger partial charge in [-0.1, -0.05) is 29.8 Å². The first-order valence-electron chi connectivity index (χ1n) is 9.84. The Hall–Kier alpha value is -3.08. The van der Waals surface area contributed by atoms with Crippen molar-refractivity contribution in [3.05, 3.63) is 71.4 Å². The number of benzene rings is 2. The average Bonchev–Trinajstić information content (AvgIpc) is 2.70. The summed E-state index contributed by atoms with van der Waals surface area (Å²) in [6.07, 6.45) is 1.77. The second-order valence-corrected chi connectivity index (χ2v) is 6.90. The van der Waals surface area contributed by atoms with Crippen LogP contribution < -0.4 is 15.5 Å². The molecule has 2 aromatic carbocycles. The molecule has 0 amide bonds. The molecule has 3 rings (SSSR count). The Morgan fingerprint density at radius 2 is 1.79 bits per heavy atom. The molecule has 28 heavy (non-hydrogen) atoms. The maximum atomic E-state index is 4.59. The van der Waals surface area contributed by atoms with E-state index in [0.29, 0.717) is 12.5 Å². The lowest BCUT2D eigenvalue weighted by molar-refractivity contribution is 0.866. The Labute approximate surface area is 167 Å². The number of nitrogens with zero attached hydrogens (tertiary/aromatic N) is 3. The lowest BCUT2D eigenvalue weighted by Gasteiger charge is -2.22. The number of hydrogen-bond donors (Lipinski definition) is 2. The molecule has 5 heteroatoms. The average molecular weight is 376 g/mol. The second-order valence-electron chi connectivity index (χ2n) is 6.90. The number of anilines is 4. The standard InChI is InChI=1S/C23H29N5/c1-5-28(6-2)20-10-11-21(18(4)15-20)26-22-12-13-24-23(27-22)25-16-19-9-7-8-17(3)14-19/h7-15H,5-6,16H2,1-4H3,(H2,24,25,26,27). The van der Waals surface area contributed by atoms with Crippen LogP contribution in [0.5, 0.6) is 0 Å². The molecule has 0 radical (unpaired) electrons. The van der Waals surface area contributed by atoms with Crippen molar-refractivity contribution in [2.24, 2.45) is 0 Å². The first-order valence-corrected chi connectivity index (χ1v) is 9.84. The quantitative estimate of drug-likeness (QED) is 0.560. The van der Waals surface area contributed by atoms with E-state index in [1.54, 1.807) is 6.20 Å². The van der Waals surface area contributed by atoms with E-state index in [1.165, 1.54) is 22.4 Å². The number of aryl methyl sites for hydroxylation is 2. The smallest absolute Gasteiger partial charge is 0.224 e. The van der Waals surface area contributed by atoms with Crippen molar-refractivity contribution >= 4 is 23.1 Å². The molecule has 3 aromatic rings. The van der Waals surface area contributed by atoms with Gasteiger partial charge >= 0.3 is 0 Å². The Morgan fingerprint density at radius 1 is 0.964 bits per heavy atom. The Bertz CT molecular complexity index is 918. The van der Waals surface area contributed by atoms with Gasteiger partial charge < -0.3 is 15.5 Å². The third-order valence-electron chi connectivity index (χ3n) is 4.79. The van der Waals surface area contributed by atoms with Crippen LogP contribution in [0.25, 0.3) is 0 Å².